The van der Waals surface area contributed by atoms with Crippen molar-refractivity contribution in [2.24, 2.45) is 0 Å². The third-order valence-corrected chi connectivity index (χ3v) is 2.44. The third-order valence-electron chi connectivity index (χ3n) is 2.26. The van der Waals surface area contributed by atoms with Crippen molar-refractivity contribution in [1.82, 2.24) is 4.98 Å². The molecule has 0 fully saturated rings. The molecule has 0 aliphatic carbocycles. The van der Waals surface area contributed by atoms with Gasteiger partial charge in [0.25, 0.3) is 5.69 Å². The largest absolute Gasteiger partial charge is 0.490 e. The third kappa shape index (κ3) is 2.31. The zero-order valence-corrected chi connectivity index (χ0v) is 9.76. The highest BCUT2D eigenvalue weighted by Gasteiger charge is 2.15. The Morgan fingerprint density at radius 2 is 2.24 bits per heavy atom. The lowest BCUT2D eigenvalue weighted by molar-refractivity contribution is -0.383. The summed E-state index contributed by atoms with van der Waals surface area (Å²) < 4.78 is 5.44. The van der Waals surface area contributed by atoms with Crippen molar-refractivity contribution in [3.63, 3.8) is 0 Å². The molecule has 5 nitrogen and oxygen atoms in total. The minimum Gasteiger partial charge on any atom is -0.490 e. The van der Waals surface area contributed by atoms with Gasteiger partial charge in [-0.15, -0.1) is 0 Å². The molecule has 1 heterocycles. The number of nitro benzene ring substituents is 1. The van der Waals surface area contributed by atoms with Crippen LogP contribution in [-0.4, -0.2) is 22.3 Å². The second-order valence-corrected chi connectivity index (χ2v) is 3.76. The molecule has 88 valence electrons. The monoisotopic (exact) mass is 250 g/mol. The van der Waals surface area contributed by atoms with Gasteiger partial charge in [0.1, 0.15) is 11.3 Å². The second kappa shape index (κ2) is 5.01. The molecule has 0 saturated heterocycles. The zero-order valence-electron chi connectivity index (χ0n) is 8.87. The smallest absolute Gasteiger partial charge is 0.279 e. The summed E-state index contributed by atoms with van der Waals surface area (Å²) in [6.45, 7) is 0.437. The fraction of sp³-hybridized carbons (Fsp3) is 0.182. The van der Waals surface area contributed by atoms with Gasteiger partial charge in [0.2, 0.25) is 0 Å². The molecular formula is C11H10N2O3S. The number of benzene rings is 1. The summed E-state index contributed by atoms with van der Waals surface area (Å²) in [5.41, 5.74) is 0.537. The number of ether oxygens (including phenoxy) is 1. The van der Waals surface area contributed by atoms with Gasteiger partial charge >= 0.3 is 0 Å². The predicted molar refractivity (Wildman–Crippen MR) is 67.7 cm³/mol. The van der Waals surface area contributed by atoms with E-state index in [1.165, 1.54) is 6.07 Å². The summed E-state index contributed by atoms with van der Waals surface area (Å²) in [5, 5.41) is 11.3. The van der Waals surface area contributed by atoms with E-state index < -0.39 is 4.92 Å². The van der Waals surface area contributed by atoms with Crippen LogP contribution in [0.5, 0.6) is 5.75 Å². The van der Waals surface area contributed by atoms with E-state index in [4.69, 9.17) is 4.74 Å². The summed E-state index contributed by atoms with van der Waals surface area (Å²) >= 11 is 4.04. The van der Waals surface area contributed by atoms with E-state index in [9.17, 15) is 10.1 Å². The van der Waals surface area contributed by atoms with E-state index in [-0.39, 0.29) is 5.69 Å². The molecule has 6 heteroatoms. The van der Waals surface area contributed by atoms with Gasteiger partial charge in [-0.3, -0.25) is 15.1 Å². The molecule has 2 rings (SSSR count). The molecule has 0 unspecified atom stereocenters. The summed E-state index contributed by atoms with van der Waals surface area (Å²) in [4.78, 5) is 14.6. The van der Waals surface area contributed by atoms with Crippen molar-refractivity contribution in [3.05, 3.63) is 40.6 Å². The van der Waals surface area contributed by atoms with Gasteiger partial charge in [-0.25, -0.2) is 0 Å². The van der Waals surface area contributed by atoms with Crippen molar-refractivity contribution in [2.45, 2.75) is 0 Å². The summed E-state index contributed by atoms with van der Waals surface area (Å²) in [7, 11) is 0. The number of aromatic nitrogens is 1. The van der Waals surface area contributed by atoms with Crippen LogP contribution in [0.25, 0.3) is 10.9 Å². The van der Waals surface area contributed by atoms with Crippen LogP contribution in [0, 0.1) is 10.1 Å². The Hall–Kier alpha value is -1.82. The van der Waals surface area contributed by atoms with E-state index in [0.717, 1.165) is 0 Å². The Kier molecular flexibility index (Phi) is 3.43. The average Bonchev–Trinajstić information content (AvgIpc) is 2.35. The summed E-state index contributed by atoms with van der Waals surface area (Å²) in [6.07, 6.45) is 1.58. The van der Waals surface area contributed by atoms with Gasteiger partial charge in [0, 0.05) is 18.0 Å². The van der Waals surface area contributed by atoms with Gasteiger partial charge in [-0.05, 0) is 18.2 Å². The molecule has 0 N–H and O–H groups in total. The molecule has 1 aromatic carbocycles. The highest BCUT2D eigenvalue weighted by molar-refractivity contribution is 7.80. The molecule has 0 saturated carbocycles. The Bertz CT molecular complexity index is 559. The molecule has 0 radical (unpaired) electrons. The molecule has 0 atom stereocenters. The lowest BCUT2D eigenvalue weighted by atomic mass is 10.1. The number of hydrogen-bond donors (Lipinski definition) is 1. The molecule has 2 aromatic rings. The molecule has 0 spiro atoms. The Morgan fingerprint density at radius 1 is 1.41 bits per heavy atom. The topological polar surface area (TPSA) is 65.3 Å². The van der Waals surface area contributed by atoms with Gasteiger partial charge in [0.05, 0.1) is 16.9 Å². The molecule has 0 aliphatic rings. The summed E-state index contributed by atoms with van der Waals surface area (Å²) in [5.74, 6) is 1.12. The molecule has 0 aliphatic heterocycles. The van der Waals surface area contributed by atoms with Crippen LogP contribution >= 0.6 is 12.6 Å². The fourth-order valence-corrected chi connectivity index (χ4v) is 1.65. The maximum Gasteiger partial charge on any atom is 0.279 e. The highest BCUT2D eigenvalue weighted by Crippen LogP contribution is 2.31. The zero-order chi connectivity index (χ0) is 12.3. The quantitative estimate of drug-likeness (QED) is 0.514. The molecule has 0 bridgehead atoms. The number of non-ortho nitro benzene ring substituents is 1. The van der Waals surface area contributed by atoms with Crippen molar-refractivity contribution in [2.75, 3.05) is 12.4 Å². The van der Waals surface area contributed by atoms with Crippen molar-refractivity contribution < 1.29 is 9.66 Å². The molecule has 1 aromatic heterocycles. The van der Waals surface area contributed by atoms with Crippen molar-refractivity contribution >= 4 is 29.2 Å². The van der Waals surface area contributed by atoms with Crippen LogP contribution in [0.3, 0.4) is 0 Å². The maximum absolute atomic E-state index is 10.9. The highest BCUT2D eigenvalue weighted by atomic mass is 32.1. The summed E-state index contributed by atoms with van der Waals surface area (Å²) in [6, 6.07) is 6.32. The molecule has 0 amide bonds. The normalized spacial score (nSPS) is 10.4. The van der Waals surface area contributed by atoms with Crippen LogP contribution < -0.4 is 4.74 Å². The fourth-order valence-electron chi connectivity index (χ4n) is 1.56. The van der Waals surface area contributed by atoms with E-state index >= 15 is 0 Å². The Balaban J connectivity index is 2.58. The Morgan fingerprint density at radius 3 is 2.94 bits per heavy atom. The average molecular weight is 250 g/mol. The van der Waals surface area contributed by atoms with Crippen LogP contribution in [0.2, 0.25) is 0 Å². The number of nitrogens with zero attached hydrogens (tertiary/aromatic N) is 2. The lowest BCUT2D eigenvalue weighted by Gasteiger charge is -2.07. The number of nitro groups is 1. The molecule has 17 heavy (non-hydrogen) atoms. The van der Waals surface area contributed by atoms with Crippen LogP contribution in [-0.2, 0) is 0 Å². The van der Waals surface area contributed by atoms with E-state index in [1.807, 2.05) is 0 Å². The maximum atomic E-state index is 10.9. The SMILES string of the molecule is O=[N+]([O-])c1ccc(OCCS)c2ncccc12. The second-order valence-electron chi connectivity index (χ2n) is 3.31. The standard InChI is InChI=1S/C11H10N2O3S/c14-13(15)9-3-4-10(16-6-7-17)11-8(9)2-1-5-12-11/h1-5,17H,6-7H2. The number of rotatable bonds is 4. The first-order valence-electron chi connectivity index (χ1n) is 5.00. The van der Waals surface area contributed by atoms with Gasteiger partial charge in [0.15, 0.2) is 0 Å². The van der Waals surface area contributed by atoms with Crippen molar-refractivity contribution in [3.8, 4) is 5.75 Å². The Labute approximate surface area is 103 Å². The van der Waals surface area contributed by atoms with E-state index in [1.54, 1.807) is 24.4 Å². The number of pyridine rings is 1. The number of fused-ring (bicyclic) bond motifs is 1. The van der Waals surface area contributed by atoms with Gasteiger partial charge in [-0.1, -0.05) is 0 Å². The first kappa shape index (κ1) is 11.7. The number of hydrogen-bond acceptors (Lipinski definition) is 5. The molecular weight excluding hydrogens is 240 g/mol. The van der Waals surface area contributed by atoms with Crippen LogP contribution in [0.4, 0.5) is 5.69 Å². The van der Waals surface area contributed by atoms with E-state index in [2.05, 4.69) is 17.6 Å². The minimum atomic E-state index is -0.424. The van der Waals surface area contributed by atoms with Crippen LogP contribution in [0.1, 0.15) is 0 Å². The van der Waals surface area contributed by atoms with Gasteiger partial charge < -0.3 is 4.74 Å². The van der Waals surface area contributed by atoms with Crippen LogP contribution in [0.15, 0.2) is 30.5 Å². The lowest BCUT2D eigenvalue weighted by Crippen LogP contribution is -2.00. The first-order valence-corrected chi connectivity index (χ1v) is 5.63. The number of thiol groups is 1. The van der Waals surface area contributed by atoms with E-state index in [0.29, 0.717) is 29.0 Å². The first-order chi connectivity index (χ1) is 8.24. The van der Waals surface area contributed by atoms with Gasteiger partial charge in [-0.2, -0.15) is 12.6 Å². The van der Waals surface area contributed by atoms with Crippen molar-refractivity contribution in [1.29, 1.82) is 0 Å². The predicted octanol–water partition coefficient (Wildman–Crippen LogP) is 2.45. The minimum absolute atomic E-state index is 0.0336.